The molecule has 0 amide bonds. The van der Waals surface area contributed by atoms with Crippen LogP contribution in [-0.2, 0) is 0 Å². The van der Waals surface area contributed by atoms with Crippen LogP contribution >= 0.6 is 0 Å². The van der Waals surface area contributed by atoms with Crippen LogP contribution < -0.4 is 4.90 Å². The Balaban J connectivity index is 1.63. The van der Waals surface area contributed by atoms with Crippen LogP contribution in [0.15, 0.2) is 36.7 Å². The molecule has 0 N–H and O–H groups in total. The first-order valence-corrected chi connectivity index (χ1v) is 6.88. The summed E-state index contributed by atoms with van der Waals surface area (Å²) in [5.74, 6) is 0. The summed E-state index contributed by atoms with van der Waals surface area (Å²) in [6.07, 6.45) is 6.60. The molecule has 1 aromatic carbocycles. The number of anilines is 1. The number of benzene rings is 1. The highest BCUT2D eigenvalue weighted by atomic mass is 16.6. The van der Waals surface area contributed by atoms with Gasteiger partial charge in [0.25, 0.3) is 5.69 Å². The largest absolute Gasteiger partial charge is 0.345 e. The van der Waals surface area contributed by atoms with Crippen molar-refractivity contribution in [1.29, 1.82) is 0 Å². The first-order valence-electron chi connectivity index (χ1n) is 6.88. The van der Waals surface area contributed by atoms with Crippen molar-refractivity contribution in [2.24, 2.45) is 0 Å². The van der Waals surface area contributed by atoms with Crippen LogP contribution in [0.4, 0.5) is 11.4 Å². The zero-order chi connectivity index (χ0) is 13.9. The van der Waals surface area contributed by atoms with Crippen LogP contribution in [-0.4, -0.2) is 41.2 Å². The van der Waals surface area contributed by atoms with E-state index in [1.807, 2.05) is 17.2 Å². The van der Waals surface area contributed by atoms with Gasteiger partial charge in [-0.2, -0.15) is 0 Å². The lowest BCUT2D eigenvalue weighted by Gasteiger charge is -2.25. The molecule has 2 heterocycles. The highest BCUT2D eigenvalue weighted by molar-refractivity contribution is 5.55. The van der Waals surface area contributed by atoms with Crippen molar-refractivity contribution in [2.45, 2.75) is 12.8 Å². The molecular formula is C14H18N4O2. The fourth-order valence-electron chi connectivity index (χ4n) is 2.69. The second-order valence-electron chi connectivity index (χ2n) is 5.24. The van der Waals surface area contributed by atoms with Crippen LogP contribution in [0.2, 0.25) is 0 Å². The van der Waals surface area contributed by atoms with E-state index in [2.05, 4.69) is 16.0 Å². The lowest BCUT2D eigenvalue weighted by atomic mass is 10.2. The molecule has 0 atom stereocenters. The molecule has 0 aromatic heterocycles. The quantitative estimate of drug-likeness (QED) is 0.622. The summed E-state index contributed by atoms with van der Waals surface area (Å²) in [6.45, 7) is 4.02. The Bertz CT molecular complexity index is 526. The van der Waals surface area contributed by atoms with Crippen molar-refractivity contribution in [1.82, 2.24) is 9.80 Å². The van der Waals surface area contributed by atoms with Gasteiger partial charge in [-0.25, -0.2) is 0 Å². The molecule has 0 aliphatic carbocycles. The summed E-state index contributed by atoms with van der Waals surface area (Å²) >= 11 is 0. The van der Waals surface area contributed by atoms with E-state index in [9.17, 15) is 10.1 Å². The summed E-state index contributed by atoms with van der Waals surface area (Å²) in [5.41, 5.74) is 0.994. The van der Waals surface area contributed by atoms with E-state index >= 15 is 0 Å². The Labute approximate surface area is 118 Å². The van der Waals surface area contributed by atoms with Crippen LogP contribution in [0.5, 0.6) is 0 Å². The first-order chi connectivity index (χ1) is 9.72. The Morgan fingerprint density at radius 1 is 1.20 bits per heavy atom. The fourth-order valence-corrected chi connectivity index (χ4v) is 2.69. The molecule has 20 heavy (non-hydrogen) atoms. The third-order valence-electron chi connectivity index (χ3n) is 3.74. The van der Waals surface area contributed by atoms with Crippen LogP contribution in [0.3, 0.4) is 0 Å². The predicted octanol–water partition coefficient (Wildman–Crippen LogP) is 2.20. The third kappa shape index (κ3) is 2.75. The van der Waals surface area contributed by atoms with Crippen LogP contribution in [0.1, 0.15) is 12.8 Å². The molecule has 6 heteroatoms. The number of hydrogen-bond acceptors (Lipinski definition) is 5. The average molecular weight is 274 g/mol. The average Bonchev–Trinajstić information content (AvgIpc) is 3.11. The second kappa shape index (κ2) is 5.50. The molecule has 0 saturated carbocycles. The maximum absolute atomic E-state index is 10.8. The number of likely N-dealkylation sites (tertiary alicyclic amines) is 1. The second-order valence-corrected chi connectivity index (χ2v) is 5.24. The van der Waals surface area contributed by atoms with E-state index in [1.54, 1.807) is 12.1 Å². The maximum Gasteiger partial charge on any atom is 0.271 e. The van der Waals surface area contributed by atoms with Crippen molar-refractivity contribution >= 4 is 11.4 Å². The van der Waals surface area contributed by atoms with Gasteiger partial charge < -0.3 is 9.80 Å². The summed E-state index contributed by atoms with van der Waals surface area (Å²) in [6, 6.07) is 6.76. The van der Waals surface area contributed by atoms with Gasteiger partial charge in [-0.1, -0.05) is 6.07 Å². The van der Waals surface area contributed by atoms with Gasteiger partial charge in [0, 0.05) is 30.2 Å². The minimum Gasteiger partial charge on any atom is -0.345 e. The smallest absolute Gasteiger partial charge is 0.271 e. The predicted molar refractivity (Wildman–Crippen MR) is 77.1 cm³/mol. The molecule has 1 aromatic rings. The highest BCUT2D eigenvalue weighted by Gasteiger charge is 2.19. The van der Waals surface area contributed by atoms with Gasteiger partial charge in [0.05, 0.1) is 18.3 Å². The summed E-state index contributed by atoms with van der Waals surface area (Å²) in [5, 5.41) is 10.8. The Morgan fingerprint density at radius 3 is 2.75 bits per heavy atom. The number of nitro groups is 1. The monoisotopic (exact) mass is 274 g/mol. The zero-order valence-electron chi connectivity index (χ0n) is 11.3. The van der Waals surface area contributed by atoms with E-state index in [4.69, 9.17) is 0 Å². The SMILES string of the molecule is O=[N+]([O-])c1cccc(N2C=CN(CN3CCCC3)C2)c1. The molecule has 2 aliphatic heterocycles. The molecule has 0 unspecified atom stereocenters. The number of non-ortho nitro benzene ring substituents is 1. The third-order valence-corrected chi connectivity index (χ3v) is 3.74. The van der Waals surface area contributed by atoms with Gasteiger partial charge in [-0.3, -0.25) is 15.0 Å². The normalized spacial score (nSPS) is 19.0. The molecule has 3 rings (SSSR count). The number of hydrogen-bond donors (Lipinski definition) is 0. The summed E-state index contributed by atoms with van der Waals surface area (Å²) < 4.78 is 0. The van der Waals surface area contributed by atoms with Crippen LogP contribution in [0.25, 0.3) is 0 Å². The van der Waals surface area contributed by atoms with E-state index < -0.39 is 0 Å². The molecule has 1 saturated heterocycles. The van der Waals surface area contributed by atoms with E-state index in [0.717, 1.165) is 19.0 Å². The Hall–Kier alpha value is -2.08. The van der Waals surface area contributed by atoms with E-state index in [0.29, 0.717) is 0 Å². The van der Waals surface area contributed by atoms with Crippen molar-refractivity contribution in [3.63, 3.8) is 0 Å². The number of nitro benzene ring substituents is 1. The van der Waals surface area contributed by atoms with Crippen molar-refractivity contribution in [3.05, 3.63) is 46.8 Å². The first kappa shape index (κ1) is 12.9. The van der Waals surface area contributed by atoms with Crippen molar-refractivity contribution in [2.75, 3.05) is 31.3 Å². The number of rotatable bonds is 4. The molecule has 1 fully saturated rings. The zero-order valence-corrected chi connectivity index (χ0v) is 11.3. The Kier molecular flexibility index (Phi) is 3.56. The van der Waals surface area contributed by atoms with Gasteiger partial charge in [-0.05, 0) is 32.0 Å². The minimum atomic E-state index is -0.356. The fraction of sp³-hybridized carbons (Fsp3) is 0.429. The highest BCUT2D eigenvalue weighted by Crippen LogP contribution is 2.24. The minimum absolute atomic E-state index is 0.133. The molecule has 2 aliphatic rings. The summed E-state index contributed by atoms with van der Waals surface area (Å²) in [4.78, 5) is 17.1. The van der Waals surface area contributed by atoms with Crippen LogP contribution in [0, 0.1) is 10.1 Å². The molecule has 0 bridgehead atoms. The van der Waals surface area contributed by atoms with E-state index in [-0.39, 0.29) is 10.6 Å². The molecule has 6 nitrogen and oxygen atoms in total. The van der Waals surface area contributed by atoms with Crippen molar-refractivity contribution < 1.29 is 4.92 Å². The van der Waals surface area contributed by atoms with E-state index in [1.165, 1.54) is 32.0 Å². The molecular weight excluding hydrogens is 256 g/mol. The standard InChI is InChI=1S/C14H18N4O2/c19-18(20)14-5-3-4-13(10-14)17-9-8-16(12-17)11-15-6-1-2-7-15/h3-5,8-10H,1-2,6-7,11-12H2. The Morgan fingerprint density at radius 2 is 2.00 bits per heavy atom. The van der Waals surface area contributed by atoms with Gasteiger partial charge in [0.1, 0.15) is 0 Å². The number of nitrogens with zero attached hydrogens (tertiary/aromatic N) is 4. The lowest BCUT2D eigenvalue weighted by molar-refractivity contribution is -0.384. The van der Waals surface area contributed by atoms with Crippen molar-refractivity contribution in [3.8, 4) is 0 Å². The maximum atomic E-state index is 10.8. The summed E-state index contributed by atoms with van der Waals surface area (Å²) in [7, 11) is 0. The van der Waals surface area contributed by atoms with Gasteiger partial charge in [0.2, 0.25) is 0 Å². The molecule has 106 valence electrons. The van der Waals surface area contributed by atoms with Gasteiger partial charge in [-0.15, -0.1) is 0 Å². The van der Waals surface area contributed by atoms with Gasteiger partial charge in [0.15, 0.2) is 0 Å². The molecule has 0 radical (unpaired) electrons. The van der Waals surface area contributed by atoms with Gasteiger partial charge >= 0.3 is 0 Å². The topological polar surface area (TPSA) is 52.9 Å². The molecule has 0 spiro atoms. The lowest BCUT2D eigenvalue weighted by Crippen LogP contribution is -2.35.